The van der Waals surface area contributed by atoms with Gasteiger partial charge in [-0.1, -0.05) is 44.7 Å². The number of allylic oxidation sites excluding steroid dienone is 1. The Morgan fingerprint density at radius 1 is 1.16 bits per heavy atom. The third kappa shape index (κ3) is 5.24. The highest BCUT2D eigenvalue weighted by molar-refractivity contribution is 5.95. The number of phenolic OH excluding ortho intramolecular Hbond substituents is 1. The van der Waals surface area contributed by atoms with E-state index < -0.39 is 12.0 Å². The van der Waals surface area contributed by atoms with Crippen molar-refractivity contribution in [3.63, 3.8) is 0 Å². The molecule has 1 atom stereocenters. The zero-order chi connectivity index (χ0) is 18.2. The second-order valence-corrected chi connectivity index (χ2v) is 6.21. The van der Waals surface area contributed by atoms with Gasteiger partial charge in [-0.05, 0) is 31.0 Å². The summed E-state index contributed by atoms with van der Waals surface area (Å²) in [6, 6.07) is 5.44. The fourth-order valence-corrected chi connectivity index (χ4v) is 2.83. The maximum absolute atomic E-state index is 12.5. The van der Waals surface area contributed by atoms with Crippen molar-refractivity contribution in [3.05, 3.63) is 41.1 Å². The van der Waals surface area contributed by atoms with Crippen LogP contribution in [-0.2, 0) is 9.53 Å². The van der Waals surface area contributed by atoms with E-state index in [1.807, 2.05) is 0 Å². The summed E-state index contributed by atoms with van der Waals surface area (Å²) in [4.78, 5) is 24.3. The molecule has 0 aliphatic carbocycles. The molecule has 0 aromatic heterocycles. The number of phenols is 1. The molecular weight excluding hydrogens is 320 g/mol. The predicted molar refractivity (Wildman–Crippen MR) is 94.9 cm³/mol. The van der Waals surface area contributed by atoms with Crippen LogP contribution in [0.15, 0.2) is 35.5 Å². The number of ether oxygens (including phenoxy) is 1. The van der Waals surface area contributed by atoms with Crippen LogP contribution in [0.1, 0.15) is 57.6 Å². The minimum Gasteiger partial charge on any atom is -0.508 e. The van der Waals surface area contributed by atoms with Crippen LogP contribution < -0.4 is 10.6 Å². The highest BCUT2D eigenvalue weighted by Crippen LogP contribution is 2.28. The number of nitrogens with one attached hydrogen (secondary N) is 2. The van der Waals surface area contributed by atoms with Crippen LogP contribution in [0.3, 0.4) is 0 Å². The molecule has 1 aliphatic rings. The fraction of sp³-hybridized carbons (Fsp3) is 0.474. The lowest BCUT2D eigenvalue weighted by Gasteiger charge is -2.28. The Morgan fingerprint density at radius 3 is 2.52 bits per heavy atom. The molecule has 6 heteroatoms. The van der Waals surface area contributed by atoms with Gasteiger partial charge in [0.25, 0.3) is 0 Å². The standard InChI is InChI=1S/C19H26N2O4/c1-3-4-5-6-7-12-25-18(23)16-13(2)20-19(24)21-17(16)14-8-10-15(22)11-9-14/h8-11,17,22H,3-7,12H2,1-2H3,(H2,20,21,24). The molecule has 0 fully saturated rings. The zero-order valence-electron chi connectivity index (χ0n) is 14.8. The topological polar surface area (TPSA) is 87.7 Å². The van der Waals surface area contributed by atoms with Crippen LogP contribution in [0.5, 0.6) is 5.75 Å². The molecule has 0 radical (unpaired) electrons. The molecule has 6 nitrogen and oxygen atoms in total. The number of carbonyl (C=O) groups is 2. The van der Waals surface area contributed by atoms with Gasteiger partial charge in [-0.15, -0.1) is 0 Å². The molecule has 1 aliphatic heterocycles. The Balaban J connectivity index is 2.05. The maximum atomic E-state index is 12.5. The number of rotatable bonds is 8. The van der Waals surface area contributed by atoms with Gasteiger partial charge in [-0.25, -0.2) is 9.59 Å². The van der Waals surface area contributed by atoms with Crippen molar-refractivity contribution in [2.45, 2.75) is 52.0 Å². The number of benzene rings is 1. The summed E-state index contributed by atoms with van der Waals surface area (Å²) in [6.45, 7) is 4.21. The van der Waals surface area contributed by atoms with Crippen molar-refractivity contribution in [2.24, 2.45) is 0 Å². The molecule has 25 heavy (non-hydrogen) atoms. The van der Waals surface area contributed by atoms with E-state index in [1.165, 1.54) is 25.0 Å². The second kappa shape index (κ2) is 9.11. The highest BCUT2D eigenvalue weighted by Gasteiger charge is 2.32. The summed E-state index contributed by atoms with van der Waals surface area (Å²) >= 11 is 0. The molecule has 1 aromatic carbocycles. The number of unbranched alkanes of at least 4 members (excludes halogenated alkanes) is 4. The monoisotopic (exact) mass is 346 g/mol. The summed E-state index contributed by atoms with van der Waals surface area (Å²) in [5.74, 6) is -0.306. The van der Waals surface area contributed by atoms with Crippen LogP contribution in [0.25, 0.3) is 0 Å². The van der Waals surface area contributed by atoms with Crippen molar-refractivity contribution in [1.82, 2.24) is 10.6 Å². The lowest BCUT2D eigenvalue weighted by molar-refractivity contribution is -0.139. The summed E-state index contributed by atoms with van der Waals surface area (Å²) < 4.78 is 5.41. The highest BCUT2D eigenvalue weighted by atomic mass is 16.5. The largest absolute Gasteiger partial charge is 0.508 e. The molecule has 0 spiro atoms. The van der Waals surface area contributed by atoms with Crippen LogP contribution in [0, 0.1) is 0 Å². The number of hydrogen-bond acceptors (Lipinski definition) is 4. The van der Waals surface area contributed by atoms with Gasteiger partial charge in [0.1, 0.15) is 5.75 Å². The molecule has 1 heterocycles. The van der Waals surface area contributed by atoms with E-state index >= 15 is 0 Å². The van der Waals surface area contributed by atoms with Crippen molar-refractivity contribution in [3.8, 4) is 5.75 Å². The fourth-order valence-electron chi connectivity index (χ4n) is 2.83. The quantitative estimate of drug-likeness (QED) is 0.496. The van der Waals surface area contributed by atoms with E-state index in [0.29, 0.717) is 23.4 Å². The third-order valence-corrected chi connectivity index (χ3v) is 4.20. The number of esters is 1. The molecule has 1 aromatic rings. The van der Waals surface area contributed by atoms with Crippen molar-refractivity contribution in [1.29, 1.82) is 0 Å². The lowest BCUT2D eigenvalue weighted by atomic mass is 9.95. The Morgan fingerprint density at radius 2 is 1.84 bits per heavy atom. The SMILES string of the molecule is CCCCCCCOC(=O)C1=C(C)NC(=O)NC1c1ccc(O)cc1. The molecule has 136 valence electrons. The van der Waals surface area contributed by atoms with Crippen molar-refractivity contribution in [2.75, 3.05) is 6.61 Å². The molecular formula is C19H26N2O4. The van der Waals surface area contributed by atoms with Crippen molar-refractivity contribution < 1.29 is 19.4 Å². The van der Waals surface area contributed by atoms with Gasteiger partial charge in [-0.3, -0.25) is 0 Å². The number of urea groups is 1. The molecule has 0 bridgehead atoms. The van der Waals surface area contributed by atoms with Crippen LogP contribution in [0.4, 0.5) is 4.79 Å². The van der Waals surface area contributed by atoms with E-state index in [9.17, 15) is 14.7 Å². The summed E-state index contributed by atoms with van der Waals surface area (Å²) in [5.41, 5.74) is 1.58. The number of carbonyl (C=O) groups excluding carboxylic acids is 2. The smallest absolute Gasteiger partial charge is 0.338 e. The average Bonchev–Trinajstić information content (AvgIpc) is 2.57. The van der Waals surface area contributed by atoms with Gasteiger partial charge in [0.05, 0.1) is 18.2 Å². The molecule has 2 amide bonds. The normalized spacial score (nSPS) is 17.0. The van der Waals surface area contributed by atoms with E-state index in [2.05, 4.69) is 17.6 Å². The van der Waals surface area contributed by atoms with Gasteiger partial charge >= 0.3 is 12.0 Å². The third-order valence-electron chi connectivity index (χ3n) is 4.20. The number of hydrogen-bond donors (Lipinski definition) is 3. The Bertz CT molecular complexity index is 637. The Hall–Kier alpha value is -2.50. The molecule has 1 unspecified atom stereocenters. The van der Waals surface area contributed by atoms with Gasteiger partial charge in [0, 0.05) is 5.70 Å². The maximum Gasteiger partial charge on any atom is 0.338 e. The van der Waals surface area contributed by atoms with Crippen molar-refractivity contribution >= 4 is 12.0 Å². The molecule has 3 N–H and O–H groups in total. The Labute approximate surface area is 148 Å². The number of aromatic hydroxyl groups is 1. The summed E-state index contributed by atoms with van der Waals surface area (Å²) in [5, 5.41) is 14.8. The minimum absolute atomic E-state index is 0.126. The first-order valence-corrected chi connectivity index (χ1v) is 8.77. The molecule has 2 rings (SSSR count). The lowest BCUT2D eigenvalue weighted by Crippen LogP contribution is -2.45. The summed E-state index contributed by atoms with van der Waals surface area (Å²) in [7, 11) is 0. The minimum atomic E-state index is -0.595. The number of amides is 2. The predicted octanol–water partition coefficient (Wildman–Crippen LogP) is 3.53. The van der Waals surface area contributed by atoms with E-state index in [0.717, 1.165) is 19.3 Å². The van der Waals surface area contributed by atoms with Gasteiger partial charge in [0.2, 0.25) is 0 Å². The zero-order valence-corrected chi connectivity index (χ0v) is 14.8. The summed E-state index contributed by atoms with van der Waals surface area (Å²) in [6.07, 6.45) is 5.38. The first-order valence-electron chi connectivity index (χ1n) is 8.77. The first-order chi connectivity index (χ1) is 12.0. The average molecular weight is 346 g/mol. The van der Waals surface area contributed by atoms with E-state index in [-0.39, 0.29) is 11.8 Å². The first kappa shape index (κ1) is 18.8. The van der Waals surface area contributed by atoms with Crippen LogP contribution >= 0.6 is 0 Å². The van der Waals surface area contributed by atoms with E-state index in [1.54, 1.807) is 19.1 Å². The Kier molecular flexibility index (Phi) is 6.86. The van der Waals surface area contributed by atoms with Gasteiger partial charge in [0.15, 0.2) is 0 Å². The molecule has 0 saturated carbocycles. The van der Waals surface area contributed by atoms with Gasteiger partial charge in [-0.2, -0.15) is 0 Å². The van der Waals surface area contributed by atoms with E-state index in [4.69, 9.17) is 4.74 Å². The van der Waals surface area contributed by atoms with Crippen LogP contribution in [0.2, 0.25) is 0 Å². The second-order valence-electron chi connectivity index (χ2n) is 6.21. The molecule has 0 saturated heterocycles. The van der Waals surface area contributed by atoms with Crippen LogP contribution in [-0.4, -0.2) is 23.7 Å². The van der Waals surface area contributed by atoms with Gasteiger partial charge < -0.3 is 20.5 Å².